The number of ether oxygens (including phenoxy) is 4. The van der Waals surface area contributed by atoms with Crippen LogP contribution in [0.15, 0.2) is 114 Å². The minimum absolute atomic E-state index is 0.00901. The summed E-state index contributed by atoms with van der Waals surface area (Å²) in [6, 6.07) is 32.1. The maximum Gasteiger partial charge on any atom is 0.223 e. The lowest BCUT2D eigenvalue weighted by molar-refractivity contribution is -0.134. The van der Waals surface area contributed by atoms with Crippen LogP contribution in [0.3, 0.4) is 0 Å². The number of nitrogens with zero attached hydrogens (tertiary/aromatic N) is 6. The van der Waals surface area contributed by atoms with Crippen molar-refractivity contribution in [3.05, 3.63) is 169 Å². The third-order valence-corrected chi connectivity index (χ3v) is 13.7. The zero-order valence-electron chi connectivity index (χ0n) is 41.5. The Labute approximate surface area is 450 Å². The van der Waals surface area contributed by atoms with Gasteiger partial charge in [-0.3, -0.25) is 19.4 Å². The normalized spacial score (nSPS) is 15.0. The second-order valence-corrected chi connectivity index (χ2v) is 19.2. The van der Waals surface area contributed by atoms with Crippen molar-refractivity contribution in [2.45, 2.75) is 57.2 Å². The molecule has 1 saturated heterocycles. The molecule has 8 rings (SSSR count). The number of ketones is 1. The highest BCUT2D eigenvalue weighted by atomic mass is 35.5. The van der Waals surface area contributed by atoms with E-state index in [1.54, 1.807) is 65.7 Å². The molecule has 75 heavy (non-hydrogen) atoms. The first-order valence-electron chi connectivity index (χ1n) is 24.5. The van der Waals surface area contributed by atoms with E-state index in [1.165, 1.54) is 20.3 Å². The highest BCUT2D eigenvalue weighted by Gasteiger charge is 2.37. The van der Waals surface area contributed by atoms with E-state index < -0.39 is 5.82 Å². The molecule has 1 aromatic heterocycles. The number of nitrogens with one attached hydrogen (secondary N) is 1. The number of hydrogen-bond acceptors (Lipinski definition) is 12. The van der Waals surface area contributed by atoms with E-state index in [0.29, 0.717) is 101 Å². The Morgan fingerprint density at radius 1 is 0.800 bits per heavy atom. The average Bonchev–Trinajstić information content (AvgIpc) is 3.57. The fourth-order valence-electron chi connectivity index (χ4n) is 9.34. The molecule has 1 fully saturated rings. The molecule has 2 aliphatic heterocycles. The first kappa shape index (κ1) is 54.3. The maximum absolute atomic E-state index is 15.4. The molecular formula is C57H55Cl3FN7O7. The Morgan fingerprint density at radius 3 is 2.28 bits per heavy atom. The Kier molecular flexibility index (Phi) is 18.9. The van der Waals surface area contributed by atoms with Crippen LogP contribution in [0.2, 0.25) is 15.1 Å². The van der Waals surface area contributed by atoms with Gasteiger partial charge in [-0.05, 0) is 90.3 Å². The molecule has 0 saturated carbocycles. The summed E-state index contributed by atoms with van der Waals surface area (Å²) >= 11 is 18.9. The molecule has 0 radical (unpaired) electrons. The summed E-state index contributed by atoms with van der Waals surface area (Å²) in [6.45, 7) is 2.38. The average molecular weight is 1080 g/mol. The number of carbonyl (C=O) groups excluding carboxylic acids is 3. The van der Waals surface area contributed by atoms with Gasteiger partial charge in [-0.1, -0.05) is 65.1 Å². The van der Waals surface area contributed by atoms with Crippen molar-refractivity contribution in [2.75, 3.05) is 65.2 Å². The minimum atomic E-state index is -0.470. The molecule has 1 N–H and O–H groups in total. The molecule has 0 unspecified atom stereocenters. The fraction of sp³-hybridized carbons (Fsp3) is 0.316. The lowest BCUT2D eigenvalue weighted by Gasteiger charge is -2.48. The van der Waals surface area contributed by atoms with Crippen LogP contribution in [0.1, 0.15) is 82.1 Å². The van der Waals surface area contributed by atoms with E-state index in [1.807, 2.05) is 42.5 Å². The van der Waals surface area contributed by atoms with Crippen LogP contribution in [0.25, 0.3) is 11.3 Å². The van der Waals surface area contributed by atoms with Gasteiger partial charge >= 0.3 is 0 Å². The molecule has 2 amide bonds. The molecule has 5 aromatic carbocycles. The van der Waals surface area contributed by atoms with Crippen LogP contribution in [-0.4, -0.2) is 105 Å². The van der Waals surface area contributed by atoms with Crippen LogP contribution in [0.5, 0.6) is 11.5 Å². The summed E-state index contributed by atoms with van der Waals surface area (Å²) in [6.07, 6.45) is 3.04. The Morgan fingerprint density at radius 2 is 1.53 bits per heavy atom. The van der Waals surface area contributed by atoms with Gasteiger partial charge < -0.3 is 34.1 Å². The van der Waals surface area contributed by atoms with Crippen molar-refractivity contribution in [2.24, 2.45) is 4.99 Å². The van der Waals surface area contributed by atoms with Crippen LogP contribution >= 0.6 is 34.8 Å². The quantitative estimate of drug-likeness (QED) is 0.0507. The fourth-order valence-corrected chi connectivity index (χ4v) is 9.76. The topological polar surface area (TPSA) is 169 Å². The van der Waals surface area contributed by atoms with E-state index in [4.69, 9.17) is 63.7 Å². The summed E-state index contributed by atoms with van der Waals surface area (Å²) in [5.41, 5.74) is 6.55. The van der Waals surface area contributed by atoms with Crippen LogP contribution in [0, 0.1) is 17.1 Å². The number of carbonyl (C=O) groups is 3. The summed E-state index contributed by atoms with van der Waals surface area (Å²) in [7, 11) is 3.01. The van der Waals surface area contributed by atoms with E-state index in [2.05, 4.69) is 21.3 Å². The number of fused-ring (bicyclic) bond motifs is 3. The third-order valence-electron chi connectivity index (χ3n) is 13.0. The molecule has 18 heteroatoms. The largest absolute Gasteiger partial charge is 0.496 e. The number of halogens is 4. The predicted molar refractivity (Wildman–Crippen MR) is 287 cm³/mol. The van der Waals surface area contributed by atoms with Crippen molar-refractivity contribution in [1.82, 2.24) is 20.2 Å². The molecule has 2 atom stereocenters. The van der Waals surface area contributed by atoms with Gasteiger partial charge in [-0.15, -0.1) is 0 Å². The number of benzene rings is 5. The Bertz CT molecular complexity index is 3080. The maximum atomic E-state index is 15.4. The summed E-state index contributed by atoms with van der Waals surface area (Å²) in [5, 5.41) is 14.2. The number of Topliss-reactive ketones (excluding diaryl/α,β-unsaturated/α-hetero) is 1. The second kappa shape index (κ2) is 26.0. The zero-order chi connectivity index (χ0) is 52.8. The number of anilines is 1. The number of piperazine rings is 1. The number of methoxy groups -OCH3 is 2. The standard InChI is InChI=1S/C57H55Cl3FN7O7/c1-72-50-7-3-5-47(61)55(50)57-46-31-41(60)15-19-44(46)56-38(33-65-57)32-64-52(66-56)30-36-8-18-45(51(29-36)73-2)49(69)6-4-25-74-27-28-75-26-24-63-53(70)20-21-54(71)67-34-43(22-23-62)68(42-16-13-40(59)14-17-42)48(35-67)37-9-11-39(58)12-10-37/h3,5,7-19,29,31-32,43,48H,4,6,20-22,24-28,30,33-35H2,1-2H3,(H,63,70)/t43-,48-/m0/s1. The van der Waals surface area contributed by atoms with Crippen molar-refractivity contribution in [3.8, 4) is 28.8 Å². The van der Waals surface area contributed by atoms with Gasteiger partial charge in [0.15, 0.2) is 5.78 Å². The summed E-state index contributed by atoms with van der Waals surface area (Å²) < 4.78 is 37.9. The van der Waals surface area contributed by atoms with Crippen molar-refractivity contribution in [1.29, 1.82) is 5.26 Å². The zero-order valence-corrected chi connectivity index (χ0v) is 43.8. The highest BCUT2D eigenvalue weighted by molar-refractivity contribution is 6.32. The predicted octanol–water partition coefficient (Wildman–Crippen LogP) is 10.5. The number of amides is 2. The molecular weight excluding hydrogens is 1020 g/mol. The van der Waals surface area contributed by atoms with Crippen molar-refractivity contribution in [3.63, 3.8) is 0 Å². The van der Waals surface area contributed by atoms with E-state index in [9.17, 15) is 19.6 Å². The van der Waals surface area contributed by atoms with Crippen molar-refractivity contribution >= 4 is 63.8 Å². The van der Waals surface area contributed by atoms with Crippen LogP contribution in [0.4, 0.5) is 10.1 Å². The first-order valence-corrected chi connectivity index (χ1v) is 25.7. The van der Waals surface area contributed by atoms with Gasteiger partial charge in [0.1, 0.15) is 23.1 Å². The van der Waals surface area contributed by atoms with E-state index in [-0.39, 0.29) is 80.6 Å². The lowest BCUT2D eigenvalue weighted by Crippen LogP contribution is -2.56. The van der Waals surface area contributed by atoms with Gasteiger partial charge in [0.25, 0.3) is 0 Å². The molecule has 14 nitrogen and oxygen atoms in total. The molecule has 6 aromatic rings. The Hall–Kier alpha value is -6.93. The number of hydrogen-bond donors (Lipinski definition) is 1. The smallest absolute Gasteiger partial charge is 0.223 e. The molecule has 0 spiro atoms. The van der Waals surface area contributed by atoms with Crippen molar-refractivity contribution < 1.29 is 37.7 Å². The van der Waals surface area contributed by atoms with Gasteiger partial charge in [0.2, 0.25) is 11.8 Å². The molecule has 3 heterocycles. The number of aliphatic imine (C=N–C) groups is 1. The SMILES string of the molecule is COc1cc(Cc2ncc3c(n2)-c2ccc(Cl)cc2C(c2c(F)cccc2OC)=NC3)ccc1C(=O)CCCOCCOCCNC(=O)CCC(=O)N1C[C@H](CC#N)N(c2ccc(Cl)cc2)[C@H](c2ccc(Cl)cc2)C1. The van der Waals surface area contributed by atoms with Gasteiger partial charge in [-0.2, -0.15) is 5.26 Å². The lowest BCUT2D eigenvalue weighted by atomic mass is 9.94. The summed E-state index contributed by atoms with van der Waals surface area (Å²) in [4.78, 5) is 57.9. The number of rotatable bonds is 22. The van der Waals surface area contributed by atoms with Gasteiger partial charge in [0.05, 0.1) is 87.7 Å². The summed E-state index contributed by atoms with van der Waals surface area (Å²) in [5.74, 6) is 0.329. The number of nitriles is 1. The van der Waals surface area contributed by atoms with Gasteiger partial charge in [-0.25, -0.2) is 14.4 Å². The monoisotopic (exact) mass is 1070 g/mol. The molecule has 388 valence electrons. The molecule has 0 bridgehead atoms. The molecule has 2 aliphatic rings. The van der Waals surface area contributed by atoms with Gasteiger partial charge in [0, 0.05) is 95.6 Å². The van der Waals surface area contributed by atoms with Crippen LogP contribution in [-0.2, 0) is 32.0 Å². The van der Waals surface area contributed by atoms with E-state index >= 15 is 4.39 Å². The minimum Gasteiger partial charge on any atom is -0.496 e. The molecule has 0 aliphatic carbocycles. The van der Waals surface area contributed by atoms with Crippen LogP contribution < -0.4 is 19.7 Å². The first-order chi connectivity index (χ1) is 36.4. The van der Waals surface area contributed by atoms with E-state index in [0.717, 1.165) is 27.9 Å². The second-order valence-electron chi connectivity index (χ2n) is 17.9. The third kappa shape index (κ3) is 13.7. The highest BCUT2D eigenvalue weighted by Crippen LogP contribution is 2.38. The number of aromatic nitrogens is 2. The Balaban J connectivity index is 0.746.